The monoisotopic (exact) mass is 199 g/mol. The van der Waals surface area contributed by atoms with Gasteiger partial charge in [0.25, 0.3) is 0 Å². The van der Waals surface area contributed by atoms with Crippen LogP contribution in [0.5, 0.6) is 0 Å². The zero-order chi connectivity index (χ0) is 10.8. The van der Waals surface area contributed by atoms with Crippen molar-refractivity contribution in [2.75, 3.05) is 20.2 Å². The minimum atomic E-state index is -0.382. The molecular weight excluding hydrogens is 178 g/mol. The van der Waals surface area contributed by atoms with Gasteiger partial charge in [-0.25, -0.2) is 0 Å². The normalized spacial score (nSPS) is 17.2. The number of esters is 1. The number of hydrogen-bond donors (Lipinski definition) is 0. The maximum atomic E-state index is 11.5. The molecule has 0 radical (unpaired) electrons. The molecule has 3 heteroatoms. The Morgan fingerprint density at radius 2 is 2.07 bits per heavy atom. The molecule has 0 amide bonds. The largest absolute Gasteiger partial charge is 0.469 e. The van der Waals surface area contributed by atoms with E-state index in [-0.39, 0.29) is 11.4 Å². The van der Waals surface area contributed by atoms with E-state index < -0.39 is 0 Å². The third-order valence-corrected chi connectivity index (χ3v) is 2.81. The molecular formula is C11H21NO2. The Morgan fingerprint density at radius 3 is 2.43 bits per heavy atom. The van der Waals surface area contributed by atoms with E-state index in [0.29, 0.717) is 6.04 Å². The lowest BCUT2D eigenvalue weighted by Gasteiger charge is -2.29. The first-order valence-corrected chi connectivity index (χ1v) is 5.33. The fraction of sp³-hybridized carbons (Fsp3) is 0.909. The van der Waals surface area contributed by atoms with Gasteiger partial charge in [0.1, 0.15) is 0 Å². The van der Waals surface area contributed by atoms with Crippen LogP contribution < -0.4 is 0 Å². The maximum Gasteiger partial charge on any atom is 0.312 e. The third-order valence-electron chi connectivity index (χ3n) is 2.81. The van der Waals surface area contributed by atoms with Gasteiger partial charge in [-0.1, -0.05) is 6.92 Å². The Balaban J connectivity index is 2.50. The molecule has 0 spiro atoms. The first-order chi connectivity index (χ1) is 6.51. The van der Waals surface area contributed by atoms with Crippen molar-refractivity contribution in [3.63, 3.8) is 0 Å². The highest BCUT2D eigenvalue weighted by molar-refractivity contribution is 5.76. The summed E-state index contributed by atoms with van der Waals surface area (Å²) in [4.78, 5) is 13.9. The van der Waals surface area contributed by atoms with Crippen molar-refractivity contribution in [3.05, 3.63) is 0 Å². The zero-order valence-corrected chi connectivity index (χ0v) is 9.67. The van der Waals surface area contributed by atoms with E-state index in [4.69, 9.17) is 4.74 Å². The van der Waals surface area contributed by atoms with Crippen LogP contribution >= 0.6 is 0 Å². The van der Waals surface area contributed by atoms with Crippen LogP contribution in [0, 0.1) is 5.41 Å². The van der Waals surface area contributed by atoms with E-state index >= 15 is 0 Å². The summed E-state index contributed by atoms with van der Waals surface area (Å²) in [6.45, 7) is 7.87. The van der Waals surface area contributed by atoms with Gasteiger partial charge in [-0.2, -0.15) is 0 Å². The van der Waals surface area contributed by atoms with Crippen molar-refractivity contribution in [3.8, 4) is 0 Å². The molecule has 0 atom stereocenters. The maximum absolute atomic E-state index is 11.5. The van der Waals surface area contributed by atoms with E-state index in [9.17, 15) is 4.79 Å². The molecule has 0 N–H and O–H groups in total. The summed E-state index contributed by atoms with van der Waals surface area (Å²) in [6.07, 6.45) is 2.57. The van der Waals surface area contributed by atoms with Crippen molar-refractivity contribution in [2.24, 2.45) is 5.41 Å². The Kier molecular flexibility index (Phi) is 3.53. The SMILES string of the molecule is CCN(CC(C)(C)C(=O)OC)C1CC1. The summed E-state index contributed by atoms with van der Waals surface area (Å²) in [6, 6.07) is 0.712. The molecule has 0 aromatic carbocycles. The second-order valence-electron chi connectivity index (χ2n) is 4.67. The van der Waals surface area contributed by atoms with Gasteiger partial charge in [0.15, 0.2) is 0 Å². The number of carbonyl (C=O) groups excluding carboxylic acids is 1. The number of carbonyl (C=O) groups is 1. The van der Waals surface area contributed by atoms with Crippen LogP contribution in [0.3, 0.4) is 0 Å². The highest BCUT2D eigenvalue weighted by Gasteiger charge is 2.36. The molecule has 0 aromatic rings. The molecule has 0 saturated heterocycles. The second-order valence-corrected chi connectivity index (χ2v) is 4.67. The van der Waals surface area contributed by atoms with Gasteiger partial charge in [-0.3, -0.25) is 9.69 Å². The van der Waals surface area contributed by atoms with Gasteiger partial charge >= 0.3 is 5.97 Å². The molecule has 1 rings (SSSR count). The molecule has 14 heavy (non-hydrogen) atoms. The molecule has 0 unspecified atom stereocenters. The number of hydrogen-bond acceptors (Lipinski definition) is 3. The van der Waals surface area contributed by atoms with E-state index in [1.54, 1.807) is 0 Å². The van der Waals surface area contributed by atoms with Gasteiger partial charge in [0.2, 0.25) is 0 Å². The Bertz CT molecular complexity index is 209. The molecule has 0 heterocycles. The van der Waals surface area contributed by atoms with Crippen LogP contribution in [-0.2, 0) is 9.53 Å². The van der Waals surface area contributed by atoms with Crippen LogP contribution in [0.25, 0.3) is 0 Å². The summed E-state index contributed by atoms with van der Waals surface area (Å²) in [5.41, 5.74) is -0.382. The van der Waals surface area contributed by atoms with Crippen molar-refractivity contribution >= 4 is 5.97 Å². The predicted molar refractivity (Wildman–Crippen MR) is 56.1 cm³/mol. The van der Waals surface area contributed by atoms with Crippen LogP contribution in [0.2, 0.25) is 0 Å². The molecule has 0 aliphatic heterocycles. The topological polar surface area (TPSA) is 29.5 Å². The van der Waals surface area contributed by atoms with E-state index in [1.165, 1.54) is 20.0 Å². The second kappa shape index (κ2) is 4.30. The molecule has 1 aliphatic rings. The van der Waals surface area contributed by atoms with Crippen LogP contribution in [0.15, 0.2) is 0 Å². The highest BCUT2D eigenvalue weighted by atomic mass is 16.5. The predicted octanol–water partition coefficient (Wildman–Crippen LogP) is 1.67. The minimum Gasteiger partial charge on any atom is -0.469 e. The summed E-state index contributed by atoms with van der Waals surface area (Å²) >= 11 is 0. The molecule has 1 aliphatic carbocycles. The smallest absolute Gasteiger partial charge is 0.312 e. The lowest BCUT2D eigenvalue weighted by molar-refractivity contribution is -0.151. The molecule has 0 bridgehead atoms. The van der Waals surface area contributed by atoms with Gasteiger partial charge in [0, 0.05) is 12.6 Å². The third kappa shape index (κ3) is 2.71. The van der Waals surface area contributed by atoms with Crippen LogP contribution in [0.4, 0.5) is 0 Å². The quantitative estimate of drug-likeness (QED) is 0.631. The molecule has 1 saturated carbocycles. The van der Waals surface area contributed by atoms with Crippen molar-refractivity contribution < 1.29 is 9.53 Å². The van der Waals surface area contributed by atoms with Gasteiger partial charge in [0.05, 0.1) is 12.5 Å². The van der Waals surface area contributed by atoms with E-state index in [2.05, 4.69) is 11.8 Å². The standard InChI is InChI=1S/C11H21NO2/c1-5-12(9-6-7-9)8-11(2,3)10(13)14-4/h9H,5-8H2,1-4H3. The summed E-state index contributed by atoms with van der Waals surface area (Å²) in [5.74, 6) is -0.114. The summed E-state index contributed by atoms with van der Waals surface area (Å²) in [5, 5.41) is 0. The Labute approximate surface area is 86.4 Å². The van der Waals surface area contributed by atoms with E-state index in [0.717, 1.165) is 13.1 Å². The number of rotatable bonds is 5. The van der Waals surface area contributed by atoms with Gasteiger partial charge < -0.3 is 4.74 Å². The molecule has 1 fully saturated rings. The minimum absolute atomic E-state index is 0.114. The lowest BCUT2D eigenvalue weighted by atomic mass is 9.93. The number of nitrogens with zero attached hydrogens (tertiary/aromatic N) is 1. The first-order valence-electron chi connectivity index (χ1n) is 5.33. The molecule has 3 nitrogen and oxygen atoms in total. The number of ether oxygens (including phenoxy) is 1. The van der Waals surface area contributed by atoms with Crippen molar-refractivity contribution in [1.82, 2.24) is 4.90 Å². The number of methoxy groups -OCH3 is 1. The van der Waals surface area contributed by atoms with Gasteiger partial charge in [-0.15, -0.1) is 0 Å². The molecule has 0 aromatic heterocycles. The molecule has 82 valence electrons. The lowest BCUT2D eigenvalue weighted by Crippen LogP contribution is -2.40. The zero-order valence-electron chi connectivity index (χ0n) is 9.67. The van der Waals surface area contributed by atoms with Crippen molar-refractivity contribution in [2.45, 2.75) is 39.7 Å². The highest BCUT2D eigenvalue weighted by Crippen LogP contribution is 2.30. The Hall–Kier alpha value is -0.570. The summed E-state index contributed by atoms with van der Waals surface area (Å²) in [7, 11) is 1.46. The average Bonchev–Trinajstić information content (AvgIpc) is 2.96. The van der Waals surface area contributed by atoms with Crippen LogP contribution in [0.1, 0.15) is 33.6 Å². The summed E-state index contributed by atoms with van der Waals surface area (Å²) < 4.78 is 4.79. The fourth-order valence-corrected chi connectivity index (χ4v) is 1.79. The van der Waals surface area contributed by atoms with E-state index in [1.807, 2.05) is 13.8 Å². The van der Waals surface area contributed by atoms with Crippen molar-refractivity contribution in [1.29, 1.82) is 0 Å². The first kappa shape index (κ1) is 11.5. The Morgan fingerprint density at radius 1 is 1.50 bits per heavy atom. The van der Waals surface area contributed by atoms with Gasteiger partial charge in [-0.05, 0) is 33.2 Å². The average molecular weight is 199 g/mol. The van der Waals surface area contributed by atoms with Crippen LogP contribution in [-0.4, -0.2) is 37.1 Å². The fourth-order valence-electron chi connectivity index (χ4n) is 1.79.